The van der Waals surface area contributed by atoms with Crippen LogP contribution in [-0.4, -0.2) is 35.4 Å². The average Bonchev–Trinajstić information content (AvgIpc) is 2.76. The number of methoxy groups -OCH3 is 1. The quantitative estimate of drug-likeness (QED) is 0.548. The molecule has 0 bridgehead atoms. The third-order valence-corrected chi connectivity index (χ3v) is 5.12. The highest BCUT2D eigenvalue weighted by molar-refractivity contribution is 9.10. The Morgan fingerprint density at radius 1 is 1.36 bits per heavy atom. The van der Waals surface area contributed by atoms with E-state index in [1.54, 1.807) is 12.0 Å². The lowest BCUT2D eigenvalue weighted by Gasteiger charge is -2.12. The first kappa shape index (κ1) is 17.3. The van der Waals surface area contributed by atoms with Gasteiger partial charge in [-0.3, -0.25) is 9.69 Å². The largest absolute Gasteiger partial charge is 0.493 e. The minimum absolute atomic E-state index is 0.0581. The molecule has 0 aliphatic carbocycles. The van der Waals surface area contributed by atoms with E-state index in [2.05, 4.69) is 15.9 Å². The molecule has 1 fully saturated rings. The number of nitrogens with zero attached hydrogens (tertiary/aromatic N) is 1. The van der Waals surface area contributed by atoms with Crippen LogP contribution < -0.4 is 9.47 Å². The van der Waals surface area contributed by atoms with Gasteiger partial charge >= 0.3 is 0 Å². The van der Waals surface area contributed by atoms with Crippen LogP contribution in [0.15, 0.2) is 21.5 Å². The fourth-order valence-electron chi connectivity index (χ4n) is 2.00. The SMILES string of the molecule is CCOc1cc(Br)c(/C=C2\SC(=S)N(CC)C2=O)cc1OC. The molecule has 1 aromatic carbocycles. The Labute approximate surface area is 148 Å². The summed E-state index contributed by atoms with van der Waals surface area (Å²) in [5.41, 5.74) is 0.844. The van der Waals surface area contributed by atoms with Gasteiger partial charge in [0.05, 0.1) is 18.6 Å². The van der Waals surface area contributed by atoms with Crippen LogP contribution in [0, 0.1) is 0 Å². The summed E-state index contributed by atoms with van der Waals surface area (Å²) in [6.45, 7) is 4.95. The molecular weight excluding hydrogens is 386 g/mol. The van der Waals surface area contributed by atoms with Gasteiger partial charge in [0.1, 0.15) is 4.32 Å². The Morgan fingerprint density at radius 2 is 2.09 bits per heavy atom. The van der Waals surface area contributed by atoms with E-state index >= 15 is 0 Å². The van der Waals surface area contributed by atoms with Crippen molar-refractivity contribution in [1.29, 1.82) is 0 Å². The van der Waals surface area contributed by atoms with Crippen molar-refractivity contribution in [1.82, 2.24) is 4.90 Å². The fourth-order valence-corrected chi connectivity index (χ4v) is 3.82. The van der Waals surface area contributed by atoms with Crippen molar-refractivity contribution in [3.05, 3.63) is 27.1 Å². The highest BCUT2D eigenvalue weighted by Crippen LogP contribution is 2.37. The molecule has 1 aliphatic heterocycles. The normalized spacial score (nSPS) is 16.5. The smallest absolute Gasteiger partial charge is 0.266 e. The number of halogens is 1. The number of amides is 1. The Hall–Kier alpha value is -1.05. The Bertz CT molecular complexity index is 646. The molecule has 0 radical (unpaired) electrons. The van der Waals surface area contributed by atoms with E-state index < -0.39 is 0 Å². The van der Waals surface area contributed by atoms with Crippen molar-refractivity contribution in [3.8, 4) is 11.5 Å². The first-order valence-corrected chi connectivity index (χ1v) is 8.79. The van der Waals surface area contributed by atoms with E-state index in [0.717, 1.165) is 10.0 Å². The fraction of sp³-hybridized carbons (Fsp3) is 0.333. The van der Waals surface area contributed by atoms with Crippen molar-refractivity contribution in [2.45, 2.75) is 13.8 Å². The summed E-state index contributed by atoms with van der Waals surface area (Å²) in [4.78, 5) is 14.5. The van der Waals surface area contributed by atoms with Crippen molar-refractivity contribution in [2.24, 2.45) is 0 Å². The van der Waals surface area contributed by atoms with Crippen molar-refractivity contribution in [2.75, 3.05) is 20.3 Å². The molecule has 4 nitrogen and oxygen atoms in total. The zero-order chi connectivity index (χ0) is 16.3. The minimum atomic E-state index is -0.0581. The molecular formula is C15H16BrNO3S2. The number of thiocarbonyl (C=S) groups is 1. The van der Waals surface area contributed by atoms with E-state index in [-0.39, 0.29) is 5.91 Å². The molecule has 0 unspecified atom stereocenters. The standard InChI is InChI=1S/C15H16BrNO3S2/c1-4-17-14(18)13(22-15(17)21)7-9-6-11(19-3)12(20-5-2)8-10(9)16/h6-8H,4-5H2,1-3H3/b13-7-. The number of likely N-dealkylation sites (N-methyl/N-ethyl adjacent to an activating group) is 1. The van der Waals surface area contributed by atoms with E-state index in [9.17, 15) is 4.79 Å². The van der Waals surface area contributed by atoms with Crippen LogP contribution >= 0.6 is 39.9 Å². The summed E-state index contributed by atoms with van der Waals surface area (Å²) >= 11 is 10.0. The van der Waals surface area contributed by atoms with E-state index in [1.807, 2.05) is 32.1 Å². The number of hydrogen-bond acceptors (Lipinski definition) is 5. The number of carbonyl (C=O) groups is 1. The van der Waals surface area contributed by atoms with E-state index in [0.29, 0.717) is 33.9 Å². The highest BCUT2D eigenvalue weighted by Gasteiger charge is 2.30. The zero-order valence-electron chi connectivity index (χ0n) is 12.5. The molecule has 0 aromatic heterocycles. The lowest BCUT2D eigenvalue weighted by molar-refractivity contribution is -0.121. The molecule has 1 heterocycles. The second kappa shape index (κ2) is 7.48. The van der Waals surface area contributed by atoms with Crippen LogP contribution in [0.3, 0.4) is 0 Å². The van der Waals surface area contributed by atoms with Gasteiger partial charge in [-0.05, 0) is 37.6 Å². The summed E-state index contributed by atoms with van der Waals surface area (Å²) in [7, 11) is 1.59. The van der Waals surface area contributed by atoms with Crippen molar-refractivity contribution in [3.63, 3.8) is 0 Å². The third-order valence-electron chi connectivity index (χ3n) is 3.06. The van der Waals surface area contributed by atoms with Crippen molar-refractivity contribution < 1.29 is 14.3 Å². The maximum Gasteiger partial charge on any atom is 0.266 e. The minimum Gasteiger partial charge on any atom is -0.493 e. The summed E-state index contributed by atoms with van der Waals surface area (Å²) in [5.74, 6) is 1.23. The second-order valence-electron chi connectivity index (χ2n) is 4.38. The number of thioether (sulfide) groups is 1. The number of rotatable bonds is 5. The Balaban J connectivity index is 2.39. The van der Waals surface area contributed by atoms with E-state index in [4.69, 9.17) is 21.7 Å². The molecule has 0 N–H and O–H groups in total. The monoisotopic (exact) mass is 401 g/mol. The van der Waals surface area contributed by atoms with Crippen LogP contribution in [-0.2, 0) is 4.79 Å². The molecule has 2 rings (SSSR count). The molecule has 118 valence electrons. The third kappa shape index (κ3) is 3.47. The van der Waals surface area contributed by atoms with Crippen molar-refractivity contribution >= 4 is 56.2 Å². The first-order valence-electron chi connectivity index (χ1n) is 6.77. The van der Waals surface area contributed by atoms with Gasteiger partial charge in [-0.1, -0.05) is 39.9 Å². The molecule has 0 saturated carbocycles. The van der Waals surface area contributed by atoms with Crippen LogP contribution in [0.1, 0.15) is 19.4 Å². The van der Waals surface area contributed by atoms with Gasteiger partial charge in [0.15, 0.2) is 11.5 Å². The van der Waals surface area contributed by atoms with Crippen LogP contribution in [0.4, 0.5) is 0 Å². The van der Waals surface area contributed by atoms with Gasteiger partial charge in [0.25, 0.3) is 5.91 Å². The van der Waals surface area contributed by atoms with Gasteiger partial charge in [-0.15, -0.1) is 0 Å². The zero-order valence-corrected chi connectivity index (χ0v) is 15.7. The summed E-state index contributed by atoms with van der Waals surface area (Å²) in [5, 5.41) is 0. The summed E-state index contributed by atoms with van der Waals surface area (Å²) in [6.07, 6.45) is 1.82. The summed E-state index contributed by atoms with van der Waals surface area (Å²) in [6, 6.07) is 3.68. The van der Waals surface area contributed by atoms with Gasteiger partial charge in [0.2, 0.25) is 0 Å². The maximum absolute atomic E-state index is 12.3. The topological polar surface area (TPSA) is 38.8 Å². The molecule has 1 saturated heterocycles. The molecule has 22 heavy (non-hydrogen) atoms. The molecule has 0 spiro atoms. The molecule has 1 aliphatic rings. The van der Waals surface area contributed by atoms with Crippen LogP contribution in [0.2, 0.25) is 0 Å². The van der Waals surface area contributed by atoms with Gasteiger partial charge < -0.3 is 9.47 Å². The predicted octanol–water partition coefficient (Wildman–Crippen LogP) is 4.08. The average molecular weight is 402 g/mol. The second-order valence-corrected chi connectivity index (χ2v) is 6.91. The van der Waals surface area contributed by atoms with Gasteiger partial charge in [-0.25, -0.2) is 0 Å². The van der Waals surface area contributed by atoms with Gasteiger partial charge in [0, 0.05) is 11.0 Å². The lowest BCUT2D eigenvalue weighted by Crippen LogP contribution is -2.27. The highest BCUT2D eigenvalue weighted by atomic mass is 79.9. The maximum atomic E-state index is 12.3. The predicted molar refractivity (Wildman–Crippen MR) is 97.4 cm³/mol. The summed E-state index contributed by atoms with van der Waals surface area (Å²) < 4.78 is 12.3. The Morgan fingerprint density at radius 3 is 2.64 bits per heavy atom. The number of carbonyl (C=O) groups excluding carboxylic acids is 1. The Kier molecular flexibility index (Phi) is 5.88. The van der Waals surface area contributed by atoms with Gasteiger partial charge in [-0.2, -0.15) is 0 Å². The first-order chi connectivity index (χ1) is 10.5. The molecule has 7 heteroatoms. The lowest BCUT2D eigenvalue weighted by atomic mass is 10.2. The van der Waals surface area contributed by atoms with E-state index in [1.165, 1.54) is 11.8 Å². The molecule has 1 amide bonds. The number of benzene rings is 1. The number of ether oxygens (including phenoxy) is 2. The van der Waals surface area contributed by atoms with Crippen LogP contribution in [0.5, 0.6) is 11.5 Å². The number of hydrogen-bond donors (Lipinski definition) is 0. The molecule has 1 aromatic rings. The molecule has 0 atom stereocenters. The van der Waals surface area contributed by atoms with Crippen LogP contribution in [0.25, 0.3) is 6.08 Å².